The lowest BCUT2D eigenvalue weighted by atomic mass is 10.3. The van der Waals surface area contributed by atoms with Gasteiger partial charge in [0.2, 0.25) is 5.82 Å². The van der Waals surface area contributed by atoms with E-state index in [1.54, 1.807) is 24.5 Å². The van der Waals surface area contributed by atoms with Gasteiger partial charge in [-0.2, -0.15) is 4.98 Å². The quantitative estimate of drug-likeness (QED) is 0.640. The summed E-state index contributed by atoms with van der Waals surface area (Å²) in [5.74, 6) is 0.0471. The molecule has 2 heterocycles. The van der Waals surface area contributed by atoms with Gasteiger partial charge >= 0.3 is 5.69 Å². The summed E-state index contributed by atoms with van der Waals surface area (Å²) in [6.45, 7) is 0.392. The minimum Gasteiger partial charge on any atom is -0.476 e. The van der Waals surface area contributed by atoms with Crippen molar-refractivity contribution >= 4 is 11.5 Å². The fourth-order valence-corrected chi connectivity index (χ4v) is 1.49. The number of methoxy groups -OCH3 is 1. The molecule has 0 radical (unpaired) electrons. The van der Waals surface area contributed by atoms with E-state index < -0.39 is 4.92 Å². The maximum Gasteiger partial charge on any atom is 0.372 e. The summed E-state index contributed by atoms with van der Waals surface area (Å²) in [4.78, 5) is 21.9. The highest BCUT2D eigenvalue weighted by molar-refractivity contribution is 5.61. The third-order valence-corrected chi connectivity index (χ3v) is 2.37. The van der Waals surface area contributed by atoms with Crippen molar-refractivity contribution in [2.24, 2.45) is 0 Å². The summed E-state index contributed by atoms with van der Waals surface area (Å²) in [6.07, 6.45) is 4.50. The fraction of sp³-hybridized carbons (Fsp3) is 0.182. The molecule has 0 unspecified atom stereocenters. The highest BCUT2D eigenvalue weighted by Crippen LogP contribution is 2.30. The summed E-state index contributed by atoms with van der Waals surface area (Å²) in [5, 5.41) is 13.9. The second-order valence-corrected chi connectivity index (χ2v) is 3.55. The van der Waals surface area contributed by atoms with Gasteiger partial charge in [-0.1, -0.05) is 0 Å². The Morgan fingerprint density at radius 1 is 1.37 bits per heavy atom. The van der Waals surface area contributed by atoms with Crippen LogP contribution in [0.4, 0.5) is 11.5 Å². The van der Waals surface area contributed by atoms with E-state index in [0.717, 1.165) is 5.56 Å². The van der Waals surface area contributed by atoms with Crippen LogP contribution in [-0.2, 0) is 6.54 Å². The number of nitro groups is 1. The van der Waals surface area contributed by atoms with E-state index in [9.17, 15) is 10.1 Å². The van der Waals surface area contributed by atoms with E-state index in [1.807, 2.05) is 0 Å². The summed E-state index contributed by atoms with van der Waals surface area (Å²) < 4.78 is 4.86. The molecule has 0 aliphatic heterocycles. The third kappa shape index (κ3) is 2.92. The molecule has 0 saturated heterocycles. The lowest BCUT2D eigenvalue weighted by Gasteiger charge is -2.07. The molecule has 0 fully saturated rings. The third-order valence-electron chi connectivity index (χ3n) is 2.37. The predicted molar refractivity (Wildman–Crippen MR) is 66.8 cm³/mol. The SMILES string of the molecule is COc1ncnc(NCc2ccncc2)c1[N+](=O)[O-]. The number of anilines is 1. The molecule has 0 aromatic carbocycles. The zero-order valence-corrected chi connectivity index (χ0v) is 10.1. The van der Waals surface area contributed by atoms with Crippen LogP contribution in [0.2, 0.25) is 0 Å². The fourth-order valence-electron chi connectivity index (χ4n) is 1.49. The average Bonchev–Trinajstić information content (AvgIpc) is 2.45. The molecule has 1 N–H and O–H groups in total. The Kier molecular flexibility index (Phi) is 3.81. The Balaban J connectivity index is 2.23. The Morgan fingerprint density at radius 2 is 2.11 bits per heavy atom. The van der Waals surface area contributed by atoms with Gasteiger partial charge in [-0.15, -0.1) is 0 Å². The second-order valence-electron chi connectivity index (χ2n) is 3.55. The molecule has 0 atom stereocenters. The standard InChI is InChI=1S/C11H11N5O3/c1-19-11-9(16(17)18)10(14-7-15-11)13-6-8-2-4-12-5-3-8/h2-5,7H,6H2,1H3,(H,13,14,15). The van der Waals surface area contributed by atoms with Crippen LogP contribution in [0.3, 0.4) is 0 Å². The molecule has 0 aliphatic rings. The Hall–Kier alpha value is -2.77. The first-order valence-electron chi connectivity index (χ1n) is 5.38. The van der Waals surface area contributed by atoms with Gasteiger partial charge in [0.15, 0.2) is 0 Å². The number of nitrogens with zero attached hydrogens (tertiary/aromatic N) is 4. The number of rotatable bonds is 5. The van der Waals surface area contributed by atoms with Gasteiger partial charge in [0, 0.05) is 18.9 Å². The molecule has 0 saturated carbocycles. The van der Waals surface area contributed by atoms with Crippen molar-refractivity contribution in [3.05, 3.63) is 46.5 Å². The average molecular weight is 261 g/mol. The van der Waals surface area contributed by atoms with E-state index >= 15 is 0 Å². The van der Waals surface area contributed by atoms with Crippen molar-refractivity contribution in [1.82, 2.24) is 15.0 Å². The zero-order chi connectivity index (χ0) is 13.7. The number of pyridine rings is 1. The predicted octanol–water partition coefficient (Wildman–Crippen LogP) is 1.40. The lowest BCUT2D eigenvalue weighted by molar-refractivity contribution is -0.385. The number of aromatic nitrogens is 3. The van der Waals surface area contributed by atoms with Crippen LogP contribution >= 0.6 is 0 Å². The first-order valence-corrected chi connectivity index (χ1v) is 5.38. The maximum absolute atomic E-state index is 11.0. The van der Waals surface area contributed by atoms with Crippen molar-refractivity contribution in [3.63, 3.8) is 0 Å². The van der Waals surface area contributed by atoms with Crippen LogP contribution < -0.4 is 10.1 Å². The highest BCUT2D eigenvalue weighted by Gasteiger charge is 2.23. The van der Waals surface area contributed by atoms with Crippen molar-refractivity contribution in [1.29, 1.82) is 0 Å². The van der Waals surface area contributed by atoms with Crippen molar-refractivity contribution in [2.45, 2.75) is 6.54 Å². The van der Waals surface area contributed by atoms with Crippen LogP contribution in [0.25, 0.3) is 0 Å². The normalized spacial score (nSPS) is 9.95. The number of hydrogen-bond acceptors (Lipinski definition) is 7. The monoisotopic (exact) mass is 261 g/mol. The number of ether oxygens (including phenoxy) is 1. The van der Waals surface area contributed by atoms with Gasteiger partial charge in [-0.3, -0.25) is 15.1 Å². The molecule has 0 amide bonds. The summed E-state index contributed by atoms with van der Waals surface area (Å²) in [6, 6.07) is 3.61. The van der Waals surface area contributed by atoms with E-state index in [0.29, 0.717) is 6.54 Å². The van der Waals surface area contributed by atoms with Crippen LogP contribution in [0.1, 0.15) is 5.56 Å². The number of nitrogens with one attached hydrogen (secondary N) is 1. The van der Waals surface area contributed by atoms with Gasteiger partial charge in [-0.05, 0) is 17.7 Å². The molecule has 0 aliphatic carbocycles. The van der Waals surface area contributed by atoms with Crippen LogP contribution in [0, 0.1) is 10.1 Å². The maximum atomic E-state index is 11.0. The van der Waals surface area contributed by atoms with Gasteiger partial charge < -0.3 is 10.1 Å². The molecule has 8 nitrogen and oxygen atoms in total. The molecule has 0 bridgehead atoms. The molecule has 2 rings (SSSR count). The zero-order valence-electron chi connectivity index (χ0n) is 10.1. The Labute approximate surface area is 108 Å². The highest BCUT2D eigenvalue weighted by atomic mass is 16.6. The van der Waals surface area contributed by atoms with E-state index in [1.165, 1.54) is 13.4 Å². The topological polar surface area (TPSA) is 103 Å². The second kappa shape index (κ2) is 5.71. The van der Waals surface area contributed by atoms with Crippen molar-refractivity contribution in [3.8, 4) is 5.88 Å². The van der Waals surface area contributed by atoms with Gasteiger partial charge in [0.1, 0.15) is 6.33 Å². The molecule has 19 heavy (non-hydrogen) atoms. The van der Waals surface area contributed by atoms with E-state index in [2.05, 4.69) is 20.3 Å². The first-order chi connectivity index (χ1) is 9.22. The van der Waals surface area contributed by atoms with Crippen molar-refractivity contribution in [2.75, 3.05) is 12.4 Å². The molecule has 8 heteroatoms. The van der Waals surface area contributed by atoms with Gasteiger partial charge in [-0.25, -0.2) is 4.98 Å². The van der Waals surface area contributed by atoms with Crippen LogP contribution in [0.5, 0.6) is 5.88 Å². The molecular formula is C11H11N5O3. The summed E-state index contributed by atoms with van der Waals surface area (Å²) in [5.41, 5.74) is 0.654. The smallest absolute Gasteiger partial charge is 0.372 e. The molecule has 0 spiro atoms. The van der Waals surface area contributed by atoms with Crippen molar-refractivity contribution < 1.29 is 9.66 Å². The molecule has 2 aromatic heterocycles. The van der Waals surface area contributed by atoms with Crippen LogP contribution in [0.15, 0.2) is 30.9 Å². The lowest BCUT2D eigenvalue weighted by Crippen LogP contribution is -2.07. The minimum absolute atomic E-state index is 0.0720. The van der Waals surface area contributed by atoms with E-state index in [-0.39, 0.29) is 17.4 Å². The first kappa shape index (κ1) is 12.7. The summed E-state index contributed by atoms with van der Waals surface area (Å²) in [7, 11) is 1.32. The molecule has 98 valence electrons. The molecular weight excluding hydrogens is 250 g/mol. The van der Waals surface area contributed by atoms with Crippen LogP contribution in [-0.4, -0.2) is 27.0 Å². The Bertz CT molecular complexity index is 576. The largest absolute Gasteiger partial charge is 0.476 e. The molecule has 2 aromatic rings. The Morgan fingerprint density at radius 3 is 2.74 bits per heavy atom. The number of hydrogen-bond donors (Lipinski definition) is 1. The minimum atomic E-state index is -0.576. The van der Waals surface area contributed by atoms with E-state index in [4.69, 9.17) is 4.74 Å². The summed E-state index contributed by atoms with van der Waals surface area (Å²) >= 11 is 0. The van der Waals surface area contributed by atoms with Gasteiger partial charge in [0.05, 0.1) is 12.0 Å². The van der Waals surface area contributed by atoms with Gasteiger partial charge in [0.25, 0.3) is 5.88 Å².